The monoisotopic (exact) mass is 395 g/mol. The van der Waals surface area contributed by atoms with Crippen LogP contribution in [0, 0.1) is 12.7 Å². The number of carbonyl (C=O) groups excluding carboxylic acids is 3. The van der Waals surface area contributed by atoms with Crippen molar-refractivity contribution in [2.45, 2.75) is 13.5 Å². The van der Waals surface area contributed by atoms with E-state index in [1.807, 2.05) is 0 Å². The van der Waals surface area contributed by atoms with Gasteiger partial charge in [-0.2, -0.15) is 0 Å². The third-order valence-electron chi connectivity index (χ3n) is 3.12. The minimum atomic E-state index is -0.609. The SMILES string of the molecule is Cc1cc(NC(=O)CSCC(=O)OCC(=O)NCc2ccc(F)cc2)no1. The van der Waals surface area contributed by atoms with Crippen molar-refractivity contribution in [1.82, 2.24) is 10.5 Å². The van der Waals surface area contributed by atoms with Crippen molar-refractivity contribution in [3.8, 4) is 0 Å². The van der Waals surface area contributed by atoms with Crippen molar-refractivity contribution in [3.63, 3.8) is 0 Å². The molecule has 0 unspecified atom stereocenters. The van der Waals surface area contributed by atoms with Crippen molar-refractivity contribution in [2.75, 3.05) is 23.4 Å². The number of carbonyl (C=O) groups is 3. The predicted octanol–water partition coefficient (Wildman–Crippen LogP) is 1.65. The van der Waals surface area contributed by atoms with Crippen molar-refractivity contribution in [2.24, 2.45) is 0 Å². The number of ether oxygens (including phenoxy) is 1. The molecule has 0 saturated carbocycles. The van der Waals surface area contributed by atoms with Gasteiger partial charge in [0.25, 0.3) is 5.91 Å². The van der Waals surface area contributed by atoms with Crippen LogP contribution >= 0.6 is 11.8 Å². The van der Waals surface area contributed by atoms with Gasteiger partial charge < -0.3 is 19.9 Å². The Hall–Kier alpha value is -2.88. The molecular weight excluding hydrogens is 377 g/mol. The Balaban J connectivity index is 1.56. The lowest BCUT2D eigenvalue weighted by Crippen LogP contribution is -2.28. The zero-order valence-corrected chi connectivity index (χ0v) is 15.3. The number of nitrogens with zero attached hydrogens (tertiary/aromatic N) is 1. The Morgan fingerprint density at radius 1 is 1.19 bits per heavy atom. The fourth-order valence-corrected chi connectivity index (χ4v) is 2.48. The summed E-state index contributed by atoms with van der Waals surface area (Å²) in [6, 6.07) is 7.24. The number of hydrogen-bond acceptors (Lipinski definition) is 7. The fraction of sp³-hybridized carbons (Fsp3) is 0.294. The van der Waals surface area contributed by atoms with Crippen LogP contribution in [0.2, 0.25) is 0 Å². The average Bonchev–Trinajstić information content (AvgIpc) is 3.04. The number of hydrogen-bond donors (Lipinski definition) is 2. The van der Waals surface area contributed by atoms with E-state index >= 15 is 0 Å². The molecule has 0 radical (unpaired) electrons. The summed E-state index contributed by atoms with van der Waals surface area (Å²) in [6.07, 6.45) is 0. The molecule has 2 aromatic rings. The molecule has 10 heteroatoms. The molecule has 2 N–H and O–H groups in total. The summed E-state index contributed by atoms with van der Waals surface area (Å²) in [5.41, 5.74) is 0.722. The van der Waals surface area contributed by atoms with Crippen molar-refractivity contribution in [3.05, 3.63) is 47.5 Å². The van der Waals surface area contributed by atoms with E-state index < -0.39 is 18.5 Å². The highest BCUT2D eigenvalue weighted by atomic mass is 32.2. The maximum absolute atomic E-state index is 12.8. The Morgan fingerprint density at radius 3 is 2.59 bits per heavy atom. The van der Waals surface area contributed by atoms with E-state index in [9.17, 15) is 18.8 Å². The van der Waals surface area contributed by atoms with E-state index in [1.165, 1.54) is 12.1 Å². The van der Waals surface area contributed by atoms with Gasteiger partial charge in [0.05, 0.1) is 11.5 Å². The molecule has 1 heterocycles. The normalized spacial score (nSPS) is 10.3. The third kappa shape index (κ3) is 7.90. The van der Waals surface area contributed by atoms with E-state index in [-0.39, 0.29) is 29.8 Å². The second-order valence-corrected chi connectivity index (χ2v) is 6.41. The molecule has 144 valence electrons. The lowest BCUT2D eigenvalue weighted by molar-refractivity contribution is -0.145. The number of halogens is 1. The number of esters is 1. The largest absolute Gasteiger partial charge is 0.455 e. The molecule has 0 aliphatic carbocycles. The van der Waals surface area contributed by atoms with Gasteiger partial charge in [-0.3, -0.25) is 14.4 Å². The number of amides is 2. The van der Waals surface area contributed by atoms with Gasteiger partial charge in [-0.05, 0) is 24.6 Å². The van der Waals surface area contributed by atoms with E-state index in [4.69, 9.17) is 9.26 Å². The van der Waals surface area contributed by atoms with Gasteiger partial charge in [0.1, 0.15) is 11.6 Å². The molecule has 1 aromatic heterocycles. The van der Waals surface area contributed by atoms with Crippen molar-refractivity contribution < 1.29 is 28.0 Å². The summed E-state index contributed by atoms with van der Waals surface area (Å²) < 4.78 is 22.4. The van der Waals surface area contributed by atoms with Crippen LogP contribution in [0.3, 0.4) is 0 Å². The molecule has 0 aliphatic rings. The standard InChI is InChI=1S/C17H18FN3O5S/c1-11-6-14(21-26-11)20-16(23)9-27-10-17(24)25-8-15(22)19-7-12-2-4-13(18)5-3-12/h2-6H,7-10H2,1H3,(H,19,22)(H,20,21,23). The van der Waals surface area contributed by atoms with Gasteiger partial charge in [0, 0.05) is 12.6 Å². The van der Waals surface area contributed by atoms with Gasteiger partial charge in [0.2, 0.25) is 5.91 Å². The van der Waals surface area contributed by atoms with E-state index in [0.717, 1.165) is 17.3 Å². The molecule has 2 amide bonds. The summed E-state index contributed by atoms with van der Waals surface area (Å²) in [5.74, 6) is -0.954. The molecule has 0 fully saturated rings. The van der Waals surface area contributed by atoms with Gasteiger partial charge in [-0.25, -0.2) is 4.39 Å². The second-order valence-electron chi connectivity index (χ2n) is 5.43. The van der Waals surface area contributed by atoms with Crippen LogP contribution in [0.4, 0.5) is 10.2 Å². The van der Waals surface area contributed by atoms with Crippen molar-refractivity contribution >= 4 is 35.4 Å². The summed E-state index contributed by atoms with van der Waals surface area (Å²) in [5, 5.41) is 8.69. The molecule has 0 aliphatic heterocycles. The van der Waals surface area contributed by atoms with Crippen LogP contribution in [0.25, 0.3) is 0 Å². The first-order valence-electron chi connectivity index (χ1n) is 7.90. The zero-order chi connectivity index (χ0) is 19.6. The summed E-state index contributed by atoms with van der Waals surface area (Å²) in [7, 11) is 0. The van der Waals surface area contributed by atoms with Crippen LogP contribution in [0.5, 0.6) is 0 Å². The first-order valence-corrected chi connectivity index (χ1v) is 9.05. The van der Waals surface area contributed by atoms with Crippen molar-refractivity contribution in [1.29, 1.82) is 0 Å². The molecule has 0 atom stereocenters. The molecule has 1 aromatic carbocycles. The highest BCUT2D eigenvalue weighted by molar-refractivity contribution is 8.00. The van der Waals surface area contributed by atoms with Crippen LogP contribution in [0.15, 0.2) is 34.9 Å². The van der Waals surface area contributed by atoms with Gasteiger partial charge >= 0.3 is 5.97 Å². The molecule has 0 saturated heterocycles. The topological polar surface area (TPSA) is 111 Å². The number of aryl methyl sites for hydroxylation is 1. The summed E-state index contributed by atoms with van der Waals surface area (Å²) in [6.45, 7) is 1.47. The van der Waals surface area contributed by atoms with Crippen LogP contribution in [-0.4, -0.2) is 41.1 Å². The van der Waals surface area contributed by atoms with Crippen LogP contribution in [0.1, 0.15) is 11.3 Å². The number of rotatable bonds is 9. The highest BCUT2D eigenvalue weighted by Gasteiger charge is 2.10. The first-order chi connectivity index (χ1) is 12.9. The molecule has 0 spiro atoms. The third-order valence-corrected chi connectivity index (χ3v) is 4.02. The number of thioether (sulfide) groups is 1. The number of anilines is 1. The molecule has 27 heavy (non-hydrogen) atoms. The van der Waals surface area contributed by atoms with E-state index in [2.05, 4.69) is 15.8 Å². The number of benzene rings is 1. The maximum Gasteiger partial charge on any atom is 0.316 e. The van der Waals surface area contributed by atoms with Gasteiger partial charge in [0.15, 0.2) is 12.4 Å². The quantitative estimate of drug-likeness (QED) is 0.621. The Kier molecular flexibility index (Phi) is 7.80. The van der Waals surface area contributed by atoms with Gasteiger partial charge in [-0.1, -0.05) is 17.3 Å². The van der Waals surface area contributed by atoms with Crippen LogP contribution in [-0.2, 0) is 25.7 Å². The Morgan fingerprint density at radius 2 is 1.93 bits per heavy atom. The second kappa shape index (κ2) is 10.3. The molecule has 8 nitrogen and oxygen atoms in total. The number of nitrogens with one attached hydrogen (secondary N) is 2. The smallest absolute Gasteiger partial charge is 0.316 e. The summed E-state index contributed by atoms with van der Waals surface area (Å²) >= 11 is 1.05. The first kappa shape index (κ1) is 20.4. The molecule has 2 rings (SSSR count). The lowest BCUT2D eigenvalue weighted by atomic mass is 10.2. The predicted molar refractivity (Wildman–Crippen MR) is 96.4 cm³/mol. The zero-order valence-electron chi connectivity index (χ0n) is 14.5. The summed E-state index contributed by atoms with van der Waals surface area (Å²) in [4.78, 5) is 34.9. The fourth-order valence-electron chi connectivity index (χ4n) is 1.87. The highest BCUT2D eigenvalue weighted by Crippen LogP contribution is 2.08. The van der Waals surface area contributed by atoms with Gasteiger partial charge in [-0.15, -0.1) is 11.8 Å². The number of aromatic nitrogens is 1. The van der Waals surface area contributed by atoms with E-state index in [1.54, 1.807) is 25.1 Å². The Labute approximate surface area is 158 Å². The lowest BCUT2D eigenvalue weighted by Gasteiger charge is -2.07. The molecular formula is C17H18FN3O5S. The average molecular weight is 395 g/mol. The minimum Gasteiger partial charge on any atom is -0.455 e. The minimum absolute atomic E-state index is 0.0256. The van der Waals surface area contributed by atoms with Crippen LogP contribution < -0.4 is 10.6 Å². The molecule has 0 bridgehead atoms. The maximum atomic E-state index is 12.8. The van der Waals surface area contributed by atoms with E-state index in [0.29, 0.717) is 11.6 Å². The Bertz CT molecular complexity index is 794.